The molecule has 1 heterocycles. The maximum absolute atomic E-state index is 12.0. The molecule has 0 spiro atoms. The maximum Gasteiger partial charge on any atom is 0.314 e. The number of hydrogen-bond donors (Lipinski definition) is 2. The third-order valence-electron chi connectivity index (χ3n) is 5.06. The number of nitrogens with one attached hydrogen (secondary N) is 2. The van der Waals surface area contributed by atoms with Crippen molar-refractivity contribution in [3.63, 3.8) is 0 Å². The number of carbonyl (C=O) groups is 1. The van der Waals surface area contributed by atoms with E-state index in [1.807, 2.05) is 12.1 Å². The van der Waals surface area contributed by atoms with Gasteiger partial charge in [0.2, 0.25) is 0 Å². The molecule has 2 N–H and O–H groups in total. The second-order valence-electron chi connectivity index (χ2n) is 6.80. The van der Waals surface area contributed by atoms with Crippen LogP contribution in [0.4, 0.5) is 4.79 Å². The molecule has 1 aromatic carbocycles. The predicted octanol–water partition coefficient (Wildman–Crippen LogP) is 3.16. The molecule has 1 saturated heterocycles. The van der Waals surface area contributed by atoms with Crippen molar-refractivity contribution in [2.24, 2.45) is 0 Å². The summed E-state index contributed by atoms with van der Waals surface area (Å²) in [5.74, 6) is 0. The number of nitrogens with zero attached hydrogens (tertiary/aromatic N) is 1. The fourth-order valence-corrected chi connectivity index (χ4v) is 3.47. The van der Waals surface area contributed by atoms with E-state index in [1.54, 1.807) is 0 Å². The van der Waals surface area contributed by atoms with Gasteiger partial charge < -0.3 is 15.5 Å². The van der Waals surface area contributed by atoms with Gasteiger partial charge >= 0.3 is 6.03 Å². The summed E-state index contributed by atoms with van der Waals surface area (Å²) >= 11 is 5.95. The fourth-order valence-electron chi connectivity index (χ4n) is 3.34. The molecule has 1 aliphatic carbocycles. The molecular weight excluding hydrogens is 310 g/mol. The van der Waals surface area contributed by atoms with Crippen molar-refractivity contribution in [2.45, 2.75) is 37.5 Å². The van der Waals surface area contributed by atoms with Crippen LogP contribution in [0, 0.1) is 0 Å². The van der Waals surface area contributed by atoms with E-state index in [2.05, 4.69) is 27.7 Å². The smallest absolute Gasteiger partial charge is 0.314 e. The molecular formula is C18H26ClN3O. The first kappa shape index (κ1) is 16.6. The van der Waals surface area contributed by atoms with Crippen LogP contribution in [0.15, 0.2) is 24.3 Å². The number of hydrogen-bond acceptors (Lipinski definition) is 2. The number of rotatable bonds is 6. The van der Waals surface area contributed by atoms with Gasteiger partial charge in [-0.05, 0) is 56.5 Å². The van der Waals surface area contributed by atoms with Crippen molar-refractivity contribution >= 4 is 17.6 Å². The highest BCUT2D eigenvalue weighted by molar-refractivity contribution is 6.30. The Morgan fingerprint density at radius 2 is 1.78 bits per heavy atom. The zero-order valence-electron chi connectivity index (χ0n) is 13.6. The van der Waals surface area contributed by atoms with Crippen LogP contribution >= 0.6 is 11.6 Å². The third-order valence-corrected chi connectivity index (χ3v) is 5.31. The molecule has 4 nitrogen and oxygen atoms in total. The number of benzene rings is 1. The lowest BCUT2D eigenvalue weighted by molar-refractivity contribution is 0.220. The van der Waals surface area contributed by atoms with E-state index in [0.29, 0.717) is 6.54 Å². The fraction of sp³-hybridized carbons (Fsp3) is 0.611. The molecule has 0 radical (unpaired) electrons. The Bertz CT molecular complexity index is 522. The van der Waals surface area contributed by atoms with Crippen LogP contribution < -0.4 is 10.6 Å². The first-order valence-corrected chi connectivity index (χ1v) is 9.06. The lowest BCUT2D eigenvalue weighted by Gasteiger charge is -2.26. The summed E-state index contributed by atoms with van der Waals surface area (Å²) < 4.78 is 0. The standard InChI is InChI=1S/C18H26ClN3O/c19-16-6-4-15(5-7-16)18(8-9-18)14-21-17(23)20-10-13-22-11-2-1-3-12-22/h4-7H,1-3,8-14H2,(H2,20,21,23). The number of urea groups is 1. The van der Waals surface area contributed by atoms with Crippen LogP contribution in [-0.4, -0.2) is 43.7 Å². The Morgan fingerprint density at radius 3 is 2.43 bits per heavy atom. The number of piperidine rings is 1. The van der Waals surface area contributed by atoms with Gasteiger partial charge in [0.1, 0.15) is 0 Å². The summed E-state index contributed by atoms with van der Waals surface area (Å²) in [4.78, 5) is 14.4. The summed E-state index contributed by atoms with van der Waals surface area (Å²) in [6, 6.07) is 7.95. The molecule has 5 heteroatoms. The van der Waals surface area contributed by atoms with Gasteiger partial charge in [-0.3, -0.25) is 0 Å². The molecule has 1 saturated carbocycles. The maximum atomic E-state index is 12.0. The molecule has 0 unspecified atom stereocenters. The Hall–Kier alpha value is -1.26. The monoisotopic (exact) mass is 335 g/mol. The van der Waals surface area contributed by atoms with Gasteiger partial charge in [-0.2, -0.15) is 0 Å². The van der Waals surface area contributed by atoms with Crippen LogP contribution in [0.3, 0.4) is 0 Å². The van der Waals surface area contributed by atoms with Crippen molar-refractivity contribution in [3.8, 4) is 0 Å². The molecule has 1 aromatic rings. The van der Waals surface area contributed by atoms with Crippen LogP contribution in [-0.2, 0) is 5.41 Å². The van der Waals surface area contributed by atoms with E-state index in [-0.39, 0.29) is 11.4 Å². The number of carbonyl (C=O) groups excluding carboxylic acids is 1. The zero-order valence-corrected chi connectivity index (χ0v) is 14.4. The minimum absolute atomic E-state index is 0.0535. The first-order chi connectivity index (χ1) is 11.2. The number of halogens is 1. The van der Waals surface area contributed by atoms with Gasteiger partial charge in [0, 0.05) is 30.1 Å². The third kappa shape index (κ3) is 4.61. The SMILES string of the molecule is O=C(NCCN1CCCCC1)NCC1(c2ccc(Cl)cc2)CC1. The van der Waals surface area contributed by atoms with Crippen LogP contribution in [0.5, 0.6) is 0 Å². The van der Waals surface area contributed by atoms with E-state index < -0.39 is 0 Å². The highest BCUT2D eigenvalue weighted by atomic mass is 35.5. The van der Waals surface area contributed by atoms with Crippen LogP contribution in [0.25, 0.3) is 0 Å². The van der Waals surface area contributed by atoms with E-state index in [9.17, 15) is 4.79 Å². The van der Waals surface area contributed by atoms with E-state index in [4.69, 9.17) is 11.6 Å². The lowest BCUT2D eigenvalue weighted by atomic mass is 9.96. The average molecular weight is 336 g/mol. The predicted molar refractivity (Wildman–Crippen MR) is 94.1 cm³/mol. The summed E-state index contributed by atoms with van der Waals surface area (Å²) in [6.07, 6.45) is 6.17. The van der Waals surface area contributed by atoms with Gasteiger partial charge in [0.05, 0.1) is 0 Å². The Balaban J connectivity index is 1.38. The molecule has 0 bridgehead atoms. The first-order valence-electron chi connectivity index (χ1n) is 8.68. The summed E-state index contributed by atoms with van der Waals surface area (Å²) in [6.45, 7) is 4.71. The van der Waals surface area contributed by atoms with E-state index in [0.717, 1.165) is 31.0 Å². The Labute approximate surface area is 143 Å². The molecule has 126 valence electrons. The second-order valence-corrected chi connectivity index (χ2v) is 7.24. The Kier molecular flexibility index (Phi) is 5.44. The van der Waals surface area contributed by atoms with Gasteiger partial charge in [-0.1, -0.05) is 30.2 Å². The molecule has 0 atom stereocenters. The largest absolute Gasteiger partial charge is 0.337 e. The molecule has 2 fully saturated rings. The Morgan fingerprint density at radius 1 is 1.09 bits per heavy atom. The molecule has 3 rings (SSSR count). The highest BCUT2D eigenvalue weighted by Gasteiger charge is 2.44. The van der Waals surface area contributed by atoms with Crippen molar-refractivity contribution in [2.75, 3.05) is 32.7 Å². The zero-order chi connectivity index (χ0) is 16.1. The van der Waals surface area contributed by atoms with Gasteiger partial charge in [-0.15, -0.1) is 0 Å². The number of amides is 2. The summed E-state index contributed by atoms with van der Waals surface area (Å²) in [5.41, 5.74) is 1.39. The van der Waals surface area contributed by atoms with Crippen molar-refractivity contribution in [1.29, 1.82) is 0 Å². The van der Waals surface area contributed by atoms with Crippen molar-refractivity contribution in [3.05, 3.63) is 34.9 Å². The molecule has 0 aromatic heterocycles. The van der Waals surface area contributed by atoms with Crippen molar-refractivity contribution in [1.82, 2.24) is 15.5 Å². The van der Waals surface area contributed by atoms with Gasteiger partial charge in [0.25, 0.3) is 0 Å². The van der Waals surface area contributed by atoms with E-state index in [1.165, 1.54) is 37.9 Å². The second kappa shape index (κ2) is 7.54. The van der Waals surface area contributed by atoms with Gasteiger partial charge in [-0.25, -0.2) is 4.79 Å². The quantitative estimate of drug-likeness (QED) is 0.838. The lowest BCUT2D eigenvalue weighted by Crippen LogP contribution is -2.43. The highest BCUT2D eigenvalue weighted by Crippen LogP contribution is 2.47. The summed E-state index contributed by atoms with van der Waals surface area (Å²) in [5, 5.41) is 6.77. The molecule has 2 aliphatic rings. The molecule has 23 heavy (non-hydrogen) atoms. The summed E-state index contributed by atoms with van der Waals surface area (Å²) in [7, 11) is 0. The minimum Gasteiger partial charge on any atom is -0.337 e. The van der Waals surface area contributed by atoms with E-state index >= 15 is 0 Å². The number of likely N-dealkylation sites (tertiary alicyclic amines) is 1. The average Bonchev–Trinajstić information content (AvgIpc) is 3.36. The van der Waals surface area contributed by atoms with Crippen LogP contribution in [0.2, 0.25) is 5.02 Å². The van der Waals surface area contributed by atoms with Gasteiger partial charge in [0.15, 0.2) is 0 Å². The van der Waals surface area contributed by atoms with Crippen LogP contribution in [0.1, 0.15) is 37.7 Å². The topological polar surface area (TPSA) is 44.4 Å². The molecule has 2 amide bonds. The molecule has 1 aliphatic heterocycles. The van der Waals surface area contributed by atoms with Crippen molar-refractivity contribution < 1.29 is 4.79 Å². The normalized spacial score (nSPS) is 20.0. The minimum atomic E-state index is -0.0535.